The van der Waals surface area contributed by atoms with Crippen molar-refractivity contribution in [1.29, 1.82) is 0 Å². The minimum atomic E-state index is -2.38. The summed E-state index contributed by atoms with van der Waals surface area (Å²) in [4.78, 5) is 0. The number of alkyl halides is 2. The predicted octanol–water partition coefficient (Wildman–Crippen LogP) is 4.75. The molecule has 0 nitrogen and oxygen atoms in total. The van der Waals surface area contributed by atoms with Crippen LogP contribution < -0.4 is 0 Å². The topological polar surface area (TPSA) is 0 Å². The molecule has 0 radical (unpaired) electrons. The first kappa shape index (κ1) is 10.3. The van der Waals surface area contributed by atoms with E-state index in [1.807, 2.05) is 12.1 Å². The summed E-state index contributed by atoms with van der Waals surface area (Å²) in [5, 5.41) is 0.917. The van der Waals surface area contributed by atoms with Gasteiger partial charge in [-0.05, 0) is 58.7 Å². The monoisotopic (exact) mass is 324 g/mol. The Kier molecular flexibility index (Phi) is 2.74. The minimum absolute atomic E-state index is 0.145. The van der Waals surface area contributed by atoms with E-state index in [9.17, 15) is 8.78 Å². The molecule has 0 fully saturated rings. The third-order valence-corrected chi connectivity index (χ3v) is 3.97. The Bertz CT molecular complexity index is 476. The maximum Gasteiger partial charge on any atom is 0.264 e. The first-order valence-corrected chi connectivity index (χ1v) is 5.95. The third-order valence-electron chi connectivity index (χ3n) is 2.11. The maximum absolute atomic E-state index is 12.6. The van der Waals surface area contributed by atoms with Crippen LogP contribution in [0.4, 0.5) is 8.78 Å². The van der Waals surface area contributed by atoms with Crippen molar-refractivity contribution in [3.8, 4) is 0 Å². The quantitative estimate of drug-likeness (QED) is 0.664. The molecule has 0 unspecified atom stereocenters. The van der Waals surface area contributed by atoms with E-state index in [4.69, 9.17) is 0 Å². The standard InChI is InChI=1S/C10H7F2IS/c1-5-2-8-6(4-9(13)14-8)3-7(5)10(11)12/h2-4,10H,1H3. The maximum atomic E-state index is 12.6. The summed E-state index contributed by atoms with van der Waals surface area (Å²) in [6.45, 7) is 1.73. The molecule has 0 atom stereocenters. The van der Waals surface area contributed by atoms with Gasteiger partial charge < -0.3 is 0 Å². The van der Waals surface area contributed by atoms with E-state index < -0.39 is 6.43 Å². The molecule has 0 N–H and O–H groups in total. The van der Waals surface area contributed by atoms with Crippen LogP contribution in [0, 0.1) is 9.81 Å². The molecule has 14 heavy (non-hydrogen) atoms. The van der Waals surface area contributed by atoms with Gasteiger partial charge in [-0.3, -0.25) is 0 Å². The average Bonchev–Trinajstić information content (AvgIpc) is 2.42. The van der Waals surface area contributed by atoms with Crippen LogP contribution in [0.5, 0.6) is 0 Å². The number of hydrogen-bond donors (Lipinski definition) is 0. The lowest BCUT2D eigenvalue weighted by Crippen LogP contribution is -1.88. The van der Waals surface area contributed by atoms with E-state index in [2.05, 4.69) is 22.6 Å². The number of halogens is 3. The Morgan fingerprint density at radius 2 is 2.00 bits per heavy atom. The molecule has 4 heteroatoms. The molecule has 0 amide bonds. The number of hydrogen-bond acceptors (Lipinski definition) is 1. The van der Waals surface area contributed by atoms with Gasteiger partial charge in [-0.25, -0.2) is 8.78 Å². The highest BCUT2D eigenvalue weighted by atomic mass is 127. The molecule has 1 heterocycles. The number of aryl methyl sites for hydroxylation is 1. The summed E-state index contributed by atoms with van der Waals surface area (Å²) in [6.07, 6.45) is -2.38. The number of thiophene rings is 1. The summed E-state index contributed by atoms with van der Waals surface area (Å²) in [6, 6.07) is 5.36. The average molecular weight is 324 g/mol. The zero-order chi connectivity index (χ0) is 10.3. The second-order valence-corrected chi connectivity index (χ2v) is 6.08. The lowest BCUT2D eigenvalue weighted by atomic mass is 10.1. The molecule has 0 spiro atoms. The Labute approximate surface area is 98.1 Å². The number of benzene rings is 1. The second kappa shape index (κ2) is 3.73. The molecule has 0 saturated heterocycles. The highest BCUT2D eigenvalue weighted by Gasteiger charge is 2.12. The molecule has 2 rings (SSSR count). The lowest BCUT2D eigenvalue weighted by molar-refractivity contribution is 0.151. The minimum Gasteiger partial charge on any atom is -0.205 e. The van der Waals surface area contributed by atoms with Crippen LogP contribution in [0.2, 0.25) is 0 Å². The van der Waals surface area contributed by atoms with Crippen LogP contribution in [0.3, 0.4) is 0 Å². The van der Waals surface area contributed by atoms with Crippen LogP contribution in [-0.4, -0.2) is 0 Å². The first-order chi connectivity index (χ1) is 6.58. The largest absolute Gasteiger partial charge is 0.264 e. The second-order valence-electron chi connectivity index (χ2n) is 3.10. The molecular formula is C10H7F2IS. The highest BCUT2D eigenvalue weighted by Crippen LogP contribution is 2.32. The predicted molar refractivity (Wildman–Crippen MR) is 64.2 cm³/mol. The highest BCUT2D eigenvalue weighted by molar-refractivity contribution is 14.1. The summed E-state index contributed by atoms with van der Waals surface area (Å²) in [5.74, 6) is 0. The van der Waals surface area contributed by atoms with Crippen molar-refractivity contribution in [3.63, 3.8) is 0 Å². The van der Waals surface area contributed by atoms with Crippen LogP contribution in [0.25, 0.3) is 10.1 Å². The van der Waals surface area contributed by atoms with Crippen molar-refractivity contribution in [1.82, 2.24) is 0 Å². The molecule has 2 aromatic rings. The van der Waals surface area contributed by atoms with Crippen molar-refractivity contribution in [2.45, 2.75) is 13.3 Å². The molecule has 0 saturated carbocycles. The van der Waals surface area contributed by atoms with Gasteiger partial charge in [0.2, 0.25) is 0 Å². The Hall–Kier alpha value is -0.230. The molecular weight excluding hydrogens is 317 g/mol. The van der Waals surface area contributed by atoms with Crippen molar-refractivity contribution < 1.29 is 8.78 Å². The van der Waals surface area contributed by atoms with Crippen molar-refractivity contribution in [2.24, 2.45) is 0 Å². The Morgan fingerprint density at radius 1 is 1.29 bits per heavy atom. The van der Waals surface area contributed by atoms with E-state index in [-0.39, 0.29) is 5.56 Å². The van der Waals surface area contributed by atoms with Crippen molar-refractivity contribution in [3.05, 3.63) is 32.2 Å². The van der Waals surface area contributed by atoms with Crippen molar-refractivity contribution >= 4 is 44.0 Å². The molecule has 0 aliphatic rings. The fourth-order valence-electron chi connectivity index (χ4n) is 1.41. The van der Waals surface area contributed by atoms with Gasteiger partial charge in [0.15, 0.2) is 0 Å². The van der Waals surface area contributed by atoms with Crippen LogP contribution in [0.1, 0.15) is 17.6 Å². The Balaban J connectivity index is 2.70. The first-order valence-electron chi connectivity index (χ1n) is 4.05. The van der Waals surface area contributed by atoms with E-state index in [0.717, 1.165) is 13.0 Å². The van der Waals surface area contributed by atoms with E-state index in [0.29, 0.717) is 5.56 Å². The van der Waals surface area contributed by atoms with Gasteiger partial charge in [-0.15, -0.1) is 11.3 Å². The smallest absolute Gasteiger partial charge is 0.205 e. The van der Waals surface area contributed by atoms with E-state index in [1.54, 1.807) is 24.3 Å². The summed E-state index contributed by atoms with van der Waals surface area (Å²) in [5.41, 5.74) is 0.817. The fourth-order valence-corrected chi connectivity index (χ4v) is 3.32. The normalized spacial score (nSPS) is 11.5. The van der Waals surface area contributed by atoms with Gasteiger partial charge in [0.25, 0.3) is 6.43 Å². The van der Waals surface area contributed by atoms with Crippen LogP contribution in [0.15, 0.2) is 18.2 Å². The Morgan fingerprint density at radius 3 is 2.64 bits per heavy atom. The summed E-state index contributed by atoms with van der Waals surface area (Å²) >= 11 is 3.83. The van der Waals surface area contributed by atoms with Gasteiger partial charge in [-0.1, -0.05) is 0 Å². The molecule has 1 aromatic carbocycles. The van der Waals surface area contributed by atoms with Gasteiger partial charge in [0.1, 0.15) is 0 Å². The molecule has 0 bridgehead atoms. The van der Waals surface area contributed by atoms with E-state index in [1.165, 1.54) is 0 Å². The molecule has 0 aliphatic heterocycles. The molecule has 74 valence electrons. The summed E-state index contributed by atoms with van der Waals surface area (Å²) < 4.78 is 27.3. The number of rotatable bonds is 1. The van der Waals surface area contributed by atoms with E-state index >= 15 is 0 Å². The third kappa shape index (κ3) is 1.77. The van der Waals surface area contributed by atoms with Gasteiger partial charge >= 0.3 is 0 Å². The fraction of sp³-hybridized carbons (Fsp3) is 0.200. The lowest BCUT2D eigenvalue weighted by Gasteiger charge is -2.03. The SMILES string of the molecule is Cc1cc2sc(I)cc2cc1C(F)F. The van der Waals surface area contributed by atoms with Gasteiger partial charge in [0, 0.05) is 10.3 Å². The molecule has 1 aromatic heterocycles. The molecule has 0 aliphatic carbocycles. The zero-order valence-electron chi connectivity index (χ0n) is 7.35. The van der Waals surface area contributed by atoms with Gasteiger partial charge in [-0.2, -0.15) is 0 Å². The van der Waals surface area contributed by atoms with Gasteiger partial charge in [0.05, 0.1) is 2.88 Å². The summed E-state index contributed by atoms with van der Waals surface area (Å²) in [7, 11) is 0. The van der Waals surface area contributed by atoms with Crippen molar-refractivity contribution in [2.75, 3.05) is 0 Å². The van der Waals surface area contributed by atoms with Crippen LogP contribution in [-0.2, 0) is 0 Å². The number of fused-ring (bicyclic) bond motifs is 1. The van der Waals surface area contributed by atoms with Crippen LogP contribution >= 0.6 is 33.9 Å². The zero-order valence-corrected chi connectivity index (χ0v) is 10.3.